The van der Waals surface area contributed by atoms with E-state index < -0.39 is 11.2 Å². The molecule has 2 aromatic rings. The Morgan fingerprint density at radius 3 is 1.48 bits per heavy atom. The number of ether oxygens (including phenoxy) is 2. The van der Waals surface area contributed by atoms with E-state index in [1.165, 1.54) is 77.6 Å². The molecule has 14 nitrogen and oxygen atoms in total. The molecule has 2 saturated carbocycles. The van der Waals surface area contributed by atoms with Gasteiger partial charge in [0, 0.05) is 37.9 Å². The Bertz CT molecular complexity index is 1590. The molecule has 1 amide bonds. The van der Waals surface area contributed by atoms with E-state index in [1.807, 2.05) is 55.6 Å². The number of carbonyl (C=O) groups is 4. The van der Waals surface area contributed by atoms with Gasteiger partial charge in [0.05, 0.1) is 12.8 Å². The van der Waals surface area contributed by atoms with E-state index in [9.17, 15) is 19.2 Å². The van der Waals surface area contributed by atoms with Gasteiger partial charge in [0.25, 0.3) is 11.7 Å². The van der Waals surface area contributed by atoms with Crippen LogP contribution in [0.5, 0.6) is 0 Å². The van der Waals surface area contributed by atoms with Crippen molar-refractivity contribution in [2.45, 2.75) is 193 Å². The number of likely N-dealkylation sites (N-methyl/N-ethyl adjacent to an activating group) is 1. The van der Waals surface area contributed by atoms with Gasteiger partial charge in [0.15, 0.2) is 0 Å². The van der Waals surface area contributed by atoms with E-state index in [0.717, 1.165) is 43.9 Å². The van der Waals surface area contributed by atoms with Gasteiger partial charge in [0.1, 0.15) is 11.2 Å². The molecular weight excluding hydrogens is 741 g/mol. The number of nitrogens with zero attached hydrogens (tertiary/aromatic N) is 6. The monoisotopic (exact) mass is 813 g/mol. The summed E-state index contributed by atoms with van der Waals surface area (Å²) in [5, 5.41) is 7.68. The molecular formula is C44H72N6O8. The number of likely N-dealkylation sites (tertiary alicyclic amines) is 1. The van der Waals surface area contributed by atoms with Crippen LogP contribution in [0, 0.1) is 11.8 Å². The van der Waals surface area contributed by atoms with Crippen molar-refractivity contribution < 1.29 is 37.7 Å². The van der Waals surface area contributed by atoms with Crippen LogP contribution >= 0.6 is 0 Å². The van der Waals surface area contributed by atoms with Crippen LogP contribution in [-0.2, 0) is 19.1 Å². The van der Waals surface area contributed by atoms with E-state index >= 15 is 0 Å². The maximum atomic E-state index is 12.7. The Labute approximate surface area is 346 Å². The molecule has 0 radical (unpaired) electrons. The molecule has 0 aromatic carbocycles. The van der Waals surface area contributed by atoms with Crippen molar-refractivity contribution in [1.82, 2.24) is 30.1 Å². The summed E-state index contributed by atoms with van der Waals surface area (Å²) in [5.41, 5.74) is -1.07. The first-order valence-corrected chi connectivity index (χ1v) is 21.9. The normalized spacial score (nSPS) is 18.2. The van der Waals surface area contributed by atoms with Crippen LogP contribution in [0.15, 0.2) is 9.05 Å². The summed E-state index contributed by atoms with van der Waals surface area (Å²) in [6.45, 7) is 13.9. The van der Waals surface area contributed by atoms with E-state index in [0.29, 0.717) is 30.9 Å². The van der Waals surface area contributed by atoms with Crippen molar-refractivity contribution >= 4 is 23.6 Å². The van der Waals surface area contributed by atoms with Crippen LogP contribution in [0.1, 0.15) is 209 Å². The number of carbonyl (C=O) groups excluding carboxylic acids is 4. The molecule has 5 rings (SSSR count). The first kappa shape index (κ1) is 47.0. The Morgan fingerprint density at radius 2 is 1.10 bits per heavy atom. The molecule has 1 saturated heterocycles. The van der Waals surface area contributed by atoms with Crippen LogP contribution in [0.3, 0.4) is 0 Å². The van der Waals surface area contributed by atoms with Crippen LogP contribution in [0.2, 0.25) is 0 Å². The predicted octanol–water partition coefficient (Wildman–Crippen LogP) is 8.86. The zero-order valence-electron chi connectivity index (χ0n) is 37.0. The Morgan fingerprint density at radius 1 is 0.690 bits per heavy atom. The Hall–Kier alpha value is -3.68. The van der Waals surface area contributed by atoms with Crippen LogP contribution in [-0.4, -0.2) is 98.1 Å². The lowest BCUT2D eigenvalue weighted by Crippen LogP contribution is -2.59. The van der Waals surface area contributed by atoms with Gasteiger partial charge in [-0.2, -0.15) is 9.97 Å². The topological polar surface area (TPSA) is 171 Å². The number of rotatable bonds is 17. The van der Waals surface area contributed by atoms with Crippen molar-refractivity contribution in [2.75, 3.05) is 27.2 Å². The SMILES string of the molecule is CC(=O)c1noc([C@H](CCCC2CCCCC2)CC(=O)OC(C)(C)C)n1.CN(C)C1CN(C(=O)c2noc([C@H](CCCC3CCCCC3)CC(=O)OC(C)(C)C)n2)C1. The summed E-state index contributed by atoms with van der Waals surface area (Å²) >= 11 is 0. The van der Waals surface area contributed by atoms with Crippen molar-refractivity contribution in [3.63, 3.8) is 0 Å². The third-order valence-electron chi connectivity index (χ3n) is 11.4. The standard InChI is InChI=1S/C24H40N4O4.C20H32N2O4/c1-24(2,3)31-20(29)14-18(13-9-12-17-10-7-6-8-11-17)22-25-21(26-32-22)23(30)28-15-19(16-28)27(4)5;1-14(23)18-21-19(26-22-18)16(13-17(24)25-20(2,3)4)12-8-11-15-9-6-5-7-10-15/h17-19H,6-16H2,1-5H3;15-16H,5-13H2,1-4H3/t18-;16-/m11/s1. The van der Waals surface area contributed by atoms with Crippen LogP contribution in [0.25, 0.3) is 0 Å². The van der Waals surface area contributed by atoms with Gasteiger partial charge in [-0.1, -0.05) is 100 Å². The molecule has 0 N–H and O–H groups in total. The van der Waals surface area contributed by atoms with Gasteiger partial charge >= 0.3 is 11.9 Å². The van der Waals surface area contributed by atoms with Crippen molar-refractivity contribution in [3.8, 4) is 0 Å². The first-order chi connectivity index (χ1) is 27.4. The summed E-state index contributed by atoms with van der Waals surface area (Å²) in [4.78, 5) is 61.3. The second kappa shape index (κ2) is 22.1. The molecule has 3 heterocycles. The molecule has 3 fully saturated rings. The van der Waals surface area contributed by atoms with Crippen LogP contribution < -0.4 is 0 Å². The quantitative estimate of drug-likeness (QED) is 0.110. The minimum atomic E-state index is -0.541. The van der Waals surface area contributed by atoms with Crippen LogP contribution in [0.4, 0.5) is 0 Å². The fourth-order valence-corrected chi connectivity index (χ4v) is 8.17. The van der Waals surface area contributed by atoms with Crippen molar-refractivity contribution in [1.29, 1.82) is 0 Å². The molecule has 1 aliphatic heterocycles. The Balaban J connectivity index is 0.000000262. The first-order valence-electron chi connectivity index (χ1n) is 21.9. The molecule has 2 aliphatic carbocycles. The lowest BCUT2D eigenvalue weighted by Gasteiger charge is -2.42. The highest BCUT2D eigenvalue weighted by Crippen LogP contribution is 2.33. The summed E-state index contributed by atoms with van der Waals surface area (Å²) in [6.07, 6.45) is 19.5. The molecule has 2 atom stereocenters. The second-order valence-electron chi connectivity index (χ2n) is 19.1. The zero-order valence-corrected chi connectivity index (χ0v) is 37.0. The fourth-order valence-electron chi connectivity index (χ4n) is 8.17. The lowest BCUT2D eigenvalue weighted by atomic mass is 9.84. The Kier molecular flexibility index (Phi) is 17.9. The molecule has 326 valence electrons. The van der Waals surface area contributed by atoms with Crippen molar-refractivity contribution in [3.05, 3.63) is 23.4 Å². The number of hydrogen-bond acceptors (Lipinski definition) is 13. The lowest BCUT2D eigenvalue weighted by molar-refractivity contribution is -0.156. The molecule has 0 unspecified atom stereocenters. The minimum absolute atomic E-state index is 0.0708. The summed E-state index contributed by atoms with van der Waals surface area (Å²) in [5.74, 6) is 1.03. The molecule has 14 heteroatoms. The zero-order chi connectivity index (χ0) is 42.5. The summed E-state index contributed by atoms with van der Waals surface area (Å²) in [7, 11) is 4.01. The minimum Gasteiger partial charge on any atom is -0.460 e. The second-order valence-corrected chi connectivity index (χ2v) is 19.1. The van der Waals surface area contributed by atoms with Gasteiger partial charge < -0.3 is 28.3 Å². The summed E-state index contributed by atoms with van der Waals surface area (Å²) < 4.78 is 21.7. The van der Waals surface area contributed by atoms with Gasteiger partial charge in [-0.15, -0.1) is 0 Å². The molecule has 0 spiro atoms. The highest BCUT2D eigenvalue weighted by Gasteiger charge is 2.36. The van der Waals surface area contributed by atoms with Gasteiger partial charge in [-0.25, -0.2) is 0 Å². The average molecular weight is 813 g/mol. The number of hydrogen-bond donors (Lipinski definition) is 0. The third kappa shape index (κ3) is 16.2. The average Bonchev–Trinajstić information content (AvgIpc) is 3.81. The highest BCUT2D eigenvalue weighted by atomic mass is 16.6. The number of Topliss-reactive ketones (excluding diaryl/α,β-unsaturated/α-hetero) is 1. The van der Waals surface area contributed by atoms with E-state index in [1.54, 1.807) is 4.90 Å². The fraction of sp³-hybridized carbons (Fsp3) is 0.818. The van der Waals surface area contributed by atoms with E-state index in [4.69, 9.17) is 18.5 Å². The molecule has 2 aromatic heterocycles. The number of amides is 1. The number of ketones is 1. The largest absolute Gasteiger partial charge is 0.460 e. The molecule has 0 bridgehead atoms. The maximum absolute atomic E-state index is 12.7. The highest BCUT2D eigenvalue weighted by molar-refractivity contribution is 5.91. The van der Waals surface area contributed by atoms with E-state index in [2.05, 4.69) is 25.2 Å². The maximum Gasteiger partial charge on any atom is 0.307 e. The predicted molar refractivity (Wildman–Crippen MR) is 219 cm³/mol. The van der Waals surface area contributed by atoms with E-state index in [-0.39, 0.29) is 60.0 Å². The summed E-state index contributed by atoms with van der Waals surface area (Å²) in [6, 6.07) is 0.366. The van der Waals surface area contributed by atoms with Crippen molar-refractivity contribution in [2.24, 2.45) is 11.8 Å². The molecule has 58 heavy (non-hydrogen) atoms. The van der Waals surface area contributed by atoms with Gasteiger partial charge in [-0.3, -0.25) is 19.2 Å². The van der Waals surface area contributed by atoms with Gasteiger partial charge in [0.2, 0.25) is 23.4 Å². The number of aromatic nitrogens is 4. The molecule has 3 aliphatic rings. The van der Waals surface area contributed by atoms with Gasteiger partial charge in [-0.05, 0) is 80.3 Å². The third-order valence-corrected chi connectivity index (χ3v) is 11.4. The number of esters is 2. The smallest absolute Gasteiger partial charge is 0.307 e.